The van der Waals surface area contributed by atoms with Crippen molar-refractivity contribution >= 4 is 30.4 Å². The van der Waals surface area contributed by atoms with Gasteiger partial charge >= 0.3 is 30.4 Å². The molecule has 0 saturated carbocycles. The van der Waals surface area contributed by atoms with Crippen LogP contribution in [-0.4, -0.2) is 59.1 Å². The lowest BCUT2D eigenvalue weighted by Gasteiger charge is -2.10. The quantitative estimate of drug-likeness (QED) is 0.276. The second kappa shape index (κ2) is 9.03. The molecule has 0 rings (SSSR count). The predicted octanol–water partition coefficient (Wildman–Crippen LogP) is -0.315. The van der Waals surface area contributed by atoms with E-state index in [1.54, 1.807) is 0 Å². The van der Waals surface area contributed by atoms with E-state index in [4.69, 9.17) is 34.3 Å². The highest BCUT2D eigenvalue weighted by molar-refractivity contribution is 7.70. The summed E-state index contributed by atoms with van der Waals surface area (Å²) < 4.78 is 45.2. The van der Waals surface area contributed by atoms with Gasteiger partial charge in [-0.15, -0.1) is 0 Å². The van der Waals surface area contributed by atoms with Gasteiger partial charge < -0.3 is 38.8 Å². The van der Waals surface area contributed by atoms with Gasteiger partial charge in [-0.1, -0.05) is 0 Å². The first kappa shape index (κ1) is 23.9. The van der Waals surface area contributed by atoms with Gasteiger partial charge in [0.15, 0.2) is 5.90 Å². The Bertz CT molecular complexity index is 460. The largest absolute Gasteiger partial charge is 0.340 e. The summed E-state index contributed by atoms with van der Waals surface area (Å²) in [6.45, 7) is 1.41. The van der Waals surface area contributed by atoms with Crippen molar-refractivity contribution < 1.29 is 57.0 Å². The van der Waals surface area contributed by atoms with E-state index in [2.05, 4.69) is 4.52 Å². The Morgan fingerprint density at radius 3 is 1.24 bits per heavy atom. The SMILES string of the molecule is CCOP(=O)(O)CP(=O)(O)O.O=P(O)(O)CCP(=O)(O)O. The molecular weight excluding hydrogens is 376 g/mol. The van der Waals surface area contributed by atoms with E-state index in [9.17, 15) is 18.3 Å². The molecule has 0 radical (unpaired) electrons. The second-order valence-electron chi connectivity index (χ2n) is 3.64. The van der Waals surface area contributed by atoms with Crippen LogP contribution in [0.2, 0.25) is 0 Å². The van der Waals surface area contributed by atoms with Gasteiger partial charge in [-0.05, 0) is 6.92 Å². The topological polar surface area (TPSA) is 219 Å². The van der Waals surface area contributed by atoms with E-state index in [0.29, 0.717) is 0 Å². The van der Waals surface area contributed by atoms with Gasteiger partial charge in [-0.25, -0.2) is 0 Å². The average Bonchev–Trinajstić information content (AvgIpc) is 2.09. The van der Waals surface area contributed by atoms with Crippen LogP contribution in [0.25, 0.3) is 0 Å². The van der Waals surface area contributed by atoms with Crippen LogP contribution in [0, 0.1) is 0 Å². The van der Waals surface area contributed by atoms with Crippen LogP contribution in [0.4, 0.5) is 0 Å². The highest BCUT2D eigenvalue weighted by atomic mass is 31.2. The van der Waals surface area contributed by atoms with Gasteiger partial charge in [-0.3, -0.25) is 18.3 Å². The minimum atomic E-state index is -4.46. The van der Waals surface area contributed by atoms with Crippen molar-refractivity contribution in [2.24, 2.45) is 0 Å². The molecule has 0 saturated heterocycles. The maximum atomic E-state index is 10.7. The fraction of sp³-hybridized carbons (Fsp3) is 1.00. The molecule has 0 bridgehead atoms. The maximum absolute atomic E-state index is 10.7. The van der Waals surface area contributed by atoms with Gasteiger partial charge in [-0.2, -0.15) is 0 Å². The van der Waals surface area contributed by atoms with E-state index in [1.165, 1.54) is 6.92 Å². The molecule has 0 fully saturated rings. The molecular formula is C5H18O12P4. The van der Waals surface area contributed by atoms with E-state index in [1.807, 2.05) is 0 Å². The van der Waals surface area contributed by atoms with E-state index in [-0.39, 0.29) is 6.61 Å². The molecule has 0 heterocycles. The second-order valence-corrected chi connectivity index (χ2v) is 11.2. The monoisotopic (exact) mass is 394 g/mol. The lowest BCUT2D eigenvalue weighted by molar-refractivity contribution is 0.274. The summed E-state index contributed by atoms with van der Waals surface area (Å²) >= 11 is 0. The van der Waals surface area contributed by atoms with Crippen LogP contribution in [0.1, 0.15) is 6.92 Å². The molecule has 0 spiro atoms. The van der Waals surface area contributed by atoms with Gasteiger partial charge in [0.05, 0.1) is 18.9 Å². The summed E-state index contributed by atoms with van der Waals surface area (Å²) in [7, 11) is -17.0. The first-order valence-corrected chi connectivity index (χ1v) is 12.2. The Balaban J connectivity index is 0. The third-order valence-electron chi connectivity index (χ3n) is 1.38. The summed E-state index contributed by atoms with van der Waals surface area (Å²) in [4.78, 5) is 57.8. The smallest absolute Gasteiger partial charge is 0.324 e. The third kappa shape index (κ3) is 23.0. The van der Waals surface area contributed by atoms with Crippen molar-refractivity contribution in [2.45, 2.75) is 6.92 Å². The number of hydrogen-bond acceptors (Lipinski definition) is 5. The highest BCUT2D eigenvalue weighted by Crippen LogP contribution is 2.55. The Morgan fingerprint density at radius 1 is 0.714 bits per heavy atom. The Morgan fingerprint density at radius 2 is 1.05 bits per heavy atom. The molecule has 1 unspecified atom stereocenters. The molecule has 0 aliphatic heterocycles. The molecule has 0 amide bonds. The first-order chi connectivity index (χ1) is 8.97. The summed E-state index contributed by atoms with van der Waals surface area (Å²) in [5.74, 6) is -1.12. The summed E-state index contributed by atoms with van der Waals surface area (Å²) in [5.41, 5.74) is 0. The van der Waals surface area contributed by atoms with Crippen LogP contribution in [0.5, 0.6) is 0 Å². The number of hydrogen-bond donors (Lipinski definition) is 7. The molecule has 21 heavy (non-hydrogen) atoms. The minimum Gasteiger partial charge on any atom is -0.324 e. The van der Waals surface area contributed by atoms with E-state index in [0.717, 1.165) is 0 Å². The van der Waals surface area contributed by atoms with Crippen molar-refractivity contribution in [3.05, 3.63) is 0 Å². The molecule has 0 aromatic carbocycles. The zero-order chi connectivity index (χ0) is 17.5. The summed E-state index contributed by atoms with van der Waals surface area (Å²) in [5, 5.41) is 0. The van der Waals surface area contributed by atoms with Crippen molar-refractivity contribution in [1.82, 2.24) is 0 Å². The normalized spacial score (nSPS) is 15.8. The van der Waals surface area contributed by atoms with Crippen LogP contribution in [0.3, 0.4) is 0 Å². The molecule has 7 N–H and O–H groups in total. The lowest BCUT2D eigenvalue weighted by Crippen LogP contribution is -1.95. The Hall–Kier alpha value is 0.600. The van der Waals surface area contributed by atoms with Crippen molar-refractivity contribution in [2.75, 3.05) is 24.8 Å². The van der Waals surface area contributed by atoms with Crippen LogP contribution in [0.15, 0.2) is 0 Å². The van der Waals surface area contributed by atoms with Crippen molar-refractivity contribution in [3.63, 3.8) is 0 Å². The maximum Gasteiger partial charge on any atom is 0.340 e. The molecule has 0 aliphatic carbocycles. The van der Waals surface area contributed by atoms with Crippen LogP contribution < -0.4 is 0 Å². The molecule has 0 aromatic rings. The fourth-order valence-corrected chi connectivity index (χ4v) is 5.41. The minimum absolute atomic E-state index is 0.0478. The summed E-state index contributed by atoms with van der Waals surface area (Å²) in [6.07, 6.45) is -1.53. The molecule has 16 heteroatoms. The van der Waals surface area contributed by atoms with Gasteiger partial charge in [0, 0.05) is 0 Å². The zero-order valence-corrected chi connectivity index (χ0v) is 14.4. The van der Waals surface area contributed by atoms with Gasteiger partial charge in [0.2, 0.25) is 0 Å². The molecule has 12 nitrogen and oxygen atoms in total. The summed E-state index contributed by atoms with van der Waals surface area (Å²) in [6, 6.07) is 0. The van der Waals surface area contributed by atoms with Crippen molar-refractivity contribution in [1.29, 1.82) is 0 Å². The van der Waals surface area contributed by atoms with Gasteiger partial charge in [0.1, 0.15) is 0 Å². The van der Waals surface area contributed by atoms with Crippen LogP contribution >= 0.6 is 30.4 Å². The van der Waals surface area contributed by atoms with Crippen LogP contribution in [-0.2, 0) is 22.8 Å². The van der Waals surface area contributed by atoms with E-state index < -0.39 is 48.6 Å². The predicted molar refractivity (Wildman–Crippen MR) is 72.2 cm³/mol. The molecule has 130 valence electrons. The third-order valence-corrected chi connectivity index (χ3v) is 6.91. The lowest BCUT2D eigenvalue weighted by atomic mass is 10.9. The standard InChI is InChI=1S/C3H10O6P2.C2H8O6P2/c1-2-9-11(7,8)3-10(4,5)6;3-9(4,5)1-2-10(6,7)8/h2-3H2,1H3,(H,7,8)(H2,4,5,6);1-2H2,(H2,3,4,5)(H2,6,7,8). The fourth-order valence-electron chi connectivity index (χ4n) is 0.736. The Kier molecular flexibility index (Phi) is 10.3. The highest BCUT2D eigenvalue weighted by Gasteiger charge is 2.30. The molecule has 1 atom stereocenters. The number of rotatable bonds is 7. The van der Waals surface area contributed by atoms with Gasteiger partial charge in [0.25, 0.3) is 0 Å². The molecule has 0 aromatic heterocycles. The van der Waals surface area contributed by atoms with Crippen molar-refractivity contribution in [3.8, 4) is 0 Å². The zero-order valence-electron chi connectivity index (χ0n) is 10.8. The Labute approximate surface area is 120 Å². The van der Waals surface area contributed by atoms with E-state index >= 15 is 0 Å². The average molecular weight is 394 g/mol. The molecule has 0 aliphatic rings. The first-order valence-electron chi connectivity index (χ1n) is 5.07.